The zero-order chi connectivity index (χ0) is 16.7. The topological polar surface area (TPSA) is 52.1 Å². The SMILES string of the molecule is Cc1ccc(-c2csc3ncnc(S[C@@H]4C[C@H](C)OC4=O)c23)cc1. The van der Waals surface area contributed by atoms with Gasteiger partial charge in [-0.1, -0.05) is 41.6 Å². The van der Waals surface area contributed by atoms with Crippen molar-refractivity contribution in [2.45, 2.75) is 36.6 Å². The highest BCUT2D eigenvalue weighted by Crippen LogP contribution is 2.40. The van der Waals surface area contributed by atoms with Gasteiger partial charge in [0.15, 0.2) is 0 Å². The summed E-state index contributed by atoms with van der Waals surface area (Å²) >= 11 is 3.10. The van der Waals surface area contributed by atoms with E-state index in [-0.39, 0.29) is 17.3 Å². The van der Waals surface area contributed by atoms with Crippen LogP contribution in [0.1, 0.15) is 18.9 Å². The molecule has 1 saturated heterocycles. The number of hydrogen-bond donors (Lipinski definition) is 0. The lowest BCUT2D eigenvalue weighted by Gasteiger charge is -2.08. The highest BCUT2D eigenvalue weighted by molar-refractivity contribution is 8.00. The maximum absolute atomic E-state index is 12.0. The Balaban J connectivity index is 1.77. The summed E-state index contributed by atoms with van der Waals surface area (Å²) in [4.78, 5) is 21.8. The Labute approximate surface area is 148 Å². The summed E-state index contributed by atoms with van der Waals surface area (Å²) in [7, 11) is 0. The van der Waals surface area contributed by atoms with Crippen molar-refractivity contribution >= 4 is 39.3 Å². The Morgan fingerprint density at radius 2 is 2.04 bits per heavy atom. The molecule has 1 aliphatic rings. The van der Waals surface area contributed by atoms with E-state index in [0.29, 0.717) is 0 Å². The number of thiophene rings is 1. The summed E-state index contributed by atoms with van der Waals surface area (Å²) in [5, 5.41) is 3.81. The van der Waals surface area contributed by atoms with Crippen molar-refractivity contribution in [1.82, 2.24) is 9.97 Å². The molecule has 0 unspecified atom stereocenters. The molecule has 0 radical (unpaired) electrons. The van der Waals surface area contributed by atoms with Gasteiger partial charge in [0.1, 0.15) is 27.5 Å². The molecule has 0 spiro atoms. The minimum absolute atomic E-state index is 0.0219. The quantitative estimate of drug-likeness (QED) is 0.512. The van der Waals surface area contributed by atoms with Crippen molar-refractivity contribution in [2.24, 2.45) is 0 Å². The average Bonchev–Trinajstić information content (AvgIpc) is 3.12. The van der Waals surface area contributed by atoms with E-state index in [1.807, 2.05) is 6.92 Å². The van der Waals surface area contributed by atoms with Crippen LogP contribution in [0.3, 0.4) is 0 Å². The molecule has 1 fully saturated rings. The van der Waals surface area contributed by atoms with E-state index in [9.17, 15) is 4.79 Å². The van der Waals surface area contributed by atoms with Gasteiger partial charge in [-0.15, -0.1) is 11.3 Å². The van der Waals surface area contributed by atoms with Crippen molar-refractivity contribution in [1.29, 1.82) is 0 Å². The maximum atomic E-state index is 12.0. The van der Waals surface area contributed by atoms with Crippen LogP contribution in [0.15, 0.2) is 41.0 Å². The molecule has 2 aromatic heterocycles. The van der Waals surface area contributed by atoms with E-state index >= 15 is 0 Å². The average molecular weight is 356 g/mol. The zero-order valence-corrected chi connectivity index (χ0v) is 15.0. The largest absolute Gasteiger partial charge is 0.462 e. The number of carbonyl (C=O) groups is 1. The second-order valence-electron chi connectivity index (χ2n) is 5.96. The number of aryl methyl sites for hydroxylation is 1. The predicted octanol–water partition coefficient (Wildman–Crippen LogP) is 4.46. The van der Waals surface area contributed by atoms with Crippen LogP contribution in [0, 0.1) is 6.92 Å². The molecular formula is C18H16N2O2S2. The van der Waals surface area contributed by atoms with Gasteiger partial charge in [0.2, 0.25) is 0 Å². The Hall–Kier alpha value is -1.92. The zero-order valence-electron chi connectivity index (χ0n) is 13.4. The third-order valence-electron chi connectivity index (χ3n) is 4.08. The van der Waals surface area contributed by atoms with E-state index in [1.54, 1.807) is 17.7 Å². The molecule has 0 bridgehead atoms. The minimum atomic E-state index is -0.191. The summed E-state index contributed by atoms with van der Waals surface area (Å²) in [6, 6.07) is 8.44. The molecule has 0 saturated carbocycles. The molecule has 4 rings (SSSR count). The second-order valence-corrected chi connectivity index (χ2v) is 8.01. The lowest BCUT2D eigenvalue weighted by molar-refractivity contribution is -0.140. The van der Waals surface area contributed by atoms with Gasteiger partial charge in [-0.2, -0.15) is 0 Å². The van der Waals surface area contributed by atoms with Crippen LogP contribution in [-0.4, -0.2) is 27.3 Å². The first kappa shape index (κ1) is 15.6. The normalized spacial score (nSPS) is 20.5. The van der Waals surface area contributed by atoms with Crippen LogP contribution < -0.4 is 0 Å². The Bertz CT molecular complexity index is 905. The molecule has 3 heterocycles. The molecule has 6 heteroatoms. The highest BCUT2D eigenvalue weighted by atomic mass is 32.2. The number of esters is 1. The van der Waals surface area contributed by atoms with Gasteiger partial charge < -0.3 is 4.74 Å². The molecular weight excluding hydrogens is 340 g/mol. The van der Waals surface area contributed by atoms with Crippen molar-refractivity contribution in [3.8, 4) is 11.1 Å². The number of thioether (sulfide) groups is 1. The number of cyclic esters (lactones) is 1. The maximum Gasteiger partial charge on any atom is 0.319 e. The standard InChI is InChI=1S/C18H16N2O2S2/c1-10-3-5-12(6-4-10)13-8-23-16-15(13)17(20-9-19-16)24-14-7-11(2)22-18(14)21/h3-6,8-9,11,14H,7H2,1-2H3/t11-,14+/m0/s1. The number of benzene rings is 1. The predicted molar refractivity (Wildman–Crippen MR) is 97.4 cm³/mol. The Kier molecular flexibility index (Phi) is 4.02. The fourth-order valence-electron chi connectivity index (χ4n) is 2.83. The van der Waals surface area contributed by atoms with Crippen LogP contribution in [0.2, 0.25) is 0 Å². The third kappa shape index (κ3) is 2.80. The molecule has 24 heavy (non-hydrogen) atoms. The van der Waals surface area contributed by atoms with Crippen LogP contribution >= 0.6 is 23.1 Å². The van der Waals surface area contributed by atoms with Gasteiger partial charge in [-0.25, -0.2) is 9.97 Å². The van der Waals surface area contributed by atoms with Crippen LogP contribution in [0.25, 0.3) is 21.3 Å². The summed E-state index contributed by atoms with van der Waals surface area (Å²) in [6.07, 6.45) is 2.27. The van der Waals surface area contributed by atoms with Crippen LogP contribution in [0.4, 0.5) is 0 Å². The van der Waals surface area contributed by atoms with E-state index in [4.69, 9.17) is 4.74 Å². The summed E-state index contributed by atoms with van der Waals surface area (Å²) < 4.78 is 5.27. The molecule has 0 N–H and O–H groups in total. The van der Waals surface area contributed by atoms with Crippen molar-refractivity contribution in [2.75, 3.05) is 0 Å². The van der Waals surface area contributed by atoms with Crippen LogP contribution in [-0.2, 0) is 9.53 Å². The van der Waals surface area contributed by atoms with E-state index in [2.05, 4.69) is 46.5 Å². The first-order chi connectivity index (χ1) is 11.6. The Morgan fingerprint density at radius 1 is 1.25 bits per heavy atom. The van der Waals surface area contributed by atoms with Gasteiger partial charge in [0, 0.05) is 17.4 Å². The fourth-order valence-corrected chi connectivity index (χ4v) is 5.04. The molecule has 1 aromatic carbocycles. The lowest BCUT2D eigenvalue weighted by Crippen LogP contribution is -2.09. The van der Waals surface area contributed by atoms with E-state index in [0.717, 1.165) is 32.8 Å². The van der Waals surface area contributed by atoms with Gasteiger partial charge in [0.25, 0.3) is 0 Å². The monoisotopic (exact) mass is 356 g/mol. The van der Waals surface area contributed by atoms with Gasteiger partial charge in [0.05, 0.1) is 5.39 Å². The number of rotatable bonds is 3. The molecule has 2 atom stereocenters. The minimum Gasteiger partial charge on any atom is -0.462 e. The molecule has 0 amide bonds. The molecule has 1 aliphatic heterocycles. The smallest absolute Gasteiger partial charge is 0.319 e. The number of hydrogen-bond acceptors (Lipinski definition) is 6. The molecule has 122 valence electrons. The summed E-state index contributed by atoms with van der Waals surface area (Å²) in [5.74, 6) is -0.147. The second kappa shape index (κ2) is 6.18. The van der Waals surface area contributed by atoms with Crippen molar-refractivity contribution < 1.29 is 9.53 Å². The van der Waals surface area contributed by atoms with E-state index < -0.39 is 0 Å². The van der Waals surface area contributed by atoms with Crippen LogP contribution in [0.5, 0.6) is 0 Å². The van der Waals surface area contributed by atoms with Gasteiger partial charge in [-0.05, 0) is 19.4 Å². The van der Waals surface area contributed by atoms with Gasteiger partial charge in [-0.3, -0.25) is 4.79 Å². The number of carbonyl (C=O) groups excluding carboxylic acids is 1. The summed E-state index contributed by atoms with van der Waals surface area (Å²) in [6.45, 7) is 4.00. The fraction of sp³-hybridized carbons (Fsp3) is 0.278. The third-order valence-corrected chi connectivity index (χ3v) is 6.17. The lowest BCUT2D eigenvalue weighted by atomic mass is 10.1. The molecule has 3 aromatic rings. The molecule has 0 aliphatic carbocycles. The highest BCUT2D eigenvalue weighted by Gasteiger charge is 2.33. The number of aromatic nitrogens is 2. The first-order valence-electron chi connectivity index (χ1n) is 7.78. The number of fused-ring (bicyclic) bond motifs is 1. The number of nitrogens with zero attached hydrogens (tertiary/aromatic N) is 2. The number of ether oxygens (including phenoxy) is 1. The van der Waals surface area contributed by atoms with Crippen molar-refractivity contribution in [3.63, 3.8) is 0 Å². The first-order valence-corrected chi connectivity index (χ1v) is 9.54. The summed E-state index contributed by atoms with van der Waals surface area (Å²) in [5.41, 5.74) is 3.50. The molecule has 4 nitrogen and oxygen atoms in total. The Morgan fingerprint density at radius 3 is 2.75 bits per heavy atom. The van der Waals surface area contributed by atoms with E-state index in [1.165, 1.54) is 17.3 Å². The van der Waals surface area contributed by atoms with Gasteiger partial charge >= 0.3 is 5.97 Å². The van der Waals surface area contributed by atoms with Crippen molar-refractivity contribution in [3.05, 3.63) is 41.5 Å².